The summed E-state index contributed by atoms with van der Waals surface area (Å²) in [5, 5.41) is 3.35. The second kappa shape index (κ2) is 3.69. The van der Waals surface area contributed by atoms with Crippen LogP contribution in [0.15, 0.2) is 17.3 Å². The van der Waals surface area contributed by atoms with Gasteiger partial charge < -0.3 is 5.32 Å². The van der Waals surface area contributed by atoms with Crippen LogP contribution in [0, 0.1) is 13.8 Å². The third-order valence-corrected chi connectivity index (χ3v) is 3.71. The Hall–Kier alpha value is -1.64. The van der Waals surface area contributed by atoms with Crippen molar-refractivity contribution in [2.45, 2.75) is 39.5 Å². The molecule has 3 nitrogen and oxygen atoms in total. The zero-order valence-corrected chi connectivity index (χ0v) is 10.3. The molecule has 0 bridgehead atoms. The maximum Gasteiger partial charge on any atom is 0.160 e. The van der Waals surface area contributed by atoms with Gasteiger partial charge >= 0.3 is 0 Å². The van der Waals surface area contributed by atoms with E-state index >= 15 is 0 Å². The van der Waals surface area contributed by atoms with E-state index in [0.29, 0.717) is 12.2 Å². The minimum atomic E-state index is 0.308. The molecule has 0 saturated carbocycles. The molecule has 0 unspecified atom stereocenters. The van der Waals surface area contributed by atoms with Gasteiger partial charge in [-0.05, 0) is 37.8 Å². The van der Waals surface area contributed by atoms with E-state index in [1.54, 1.807) is 0 Å². The first-order valence-corrected chi connectivity index (χ1v) is 6.14. The average Bonchev–Trinajstić information content (AvgIpc) is 2.29. The molecule has 2 heterocycles. The highest BCUT2D eigenvalue weighted by Crippen LogP contribution is 2.33. The molecule has 3 heteroatoms. The maximum absolute atomic E-state index is 11.9. The van der Waals surface area contributed by atoms with Crippen molar-refractivity contribution in [3.8, 4) is 0 Å². The number of nitrogens with zero attached hydrogens (tertiary/aromatic N) is 1. The molecule has 88 valence electrons. The monoisotopic (exact) mass is 228 g/mol. The Balaban J connectivity index is 2.05. The van der Waals surface area contributed by atoms with Gasteiger partial charge in [0.15, 0.2) is 5.78 Å². The van der Waals surface area contributed by atoms with E-state index in [9.17, 15) is 4.79 Å². The predicted octanol–water partition coefficient (Wildman–Crippen LogP) is 2.67. The largest absolute Gasteiger partial charge is 0.343 e. The summed E-state index contributed by atoms with van der Waals surface area (Å²) in [7, 11) is 0. The molecule has 0 atom stereocenters. The molecule has 0 radical (unpaired) electrons. The molecule has 0 fully saturated rings. The number of hydrogen-bond acceptors (Lipinski definition) is 3. The van der Waals surface area contributed by atoms with Gasteiger partial charge in [0.1, 0.15) is 5.82 Å². The first-order chi connectivity index (χ1) is 8.15. The lowest BCUT2D eigenvalue weighted by Crippen LogP contribution is -2.23. The molecular formula is C14H16N2O. The quantitative estimate of drug-likeness (QED) is 0.742. The predicted molar refractivity (Wildman–Crippen MR) is 66.9 cm³/mol. The number of ketones is 1. The molecule has 0 aromatic carbocycles. The van der Waals surface area contributed by atoms with Crippen LogP contribution in [0.2, 0.25) is 0 Å². The average molecular weight is 228 g/mol. The van der Waals surface area contributed by atoms with Crippen LogP contribution in [-0.2, 0) is 11.2 Å². The van der Waals surface area contributed by atoms with Gasteiger partial charge in [-0.2, -0.15) is 0 Å². The van der Waals surface area contributed by atoms with Gasteiger partial charge in [-0.3, -0.25) is 4.79 Å². The van der Waals surface area contributed by atoms with E-state index in [2.05, 4.69) is 23.3 Å². The highest BCUT2D eigenvalue weighted by atomic mass is 16.1. The van der Waals surface area contributed by atoms with Crippen molar-refractivity contribution < 1.29 is 4.79 Å². The molecule has 1 aromatic rings. The Labute approximate surface area is 101 Å². The van der Waals surface area contributed by atoms with E-state index < -0.39 is 0 Å². The summed E-state index contributed by atoms with van der Waals surface area (Å²) >= 11 is 0. The first-order valence-electron chi connectivity index (χ1n) is 6.14. The number of hydrogen-bond donors (Lipinski definition) is 1. The summed E-state index contributed by atoms with van der Waals surface area (Å²) in [6.07, 6.45) is 3.40. The van der Waals surface area contributed by atoms with Crippen molar-refractivity contribution in [1.82, 2.24) is 4.98 Å². The first kappa shape index (κ1) is 10.5. The molecule has 1 aliphatic carbocycles. The Morgan fingerprint density at radius 3 is 2.94 bits per heavy atom. The molecule has 0 saturated heterocycles. The highest BCUT2D eigenvalue weighted by molar-refractivity contribution is 5.98. The van der Waals surface area contributed by atoms with Crippen molar-refractivity contribution in [3.63, 3.8) is 0 Å². The van der Waals surface area contributed by atoms with Gasteiger partial charge in [0.25, 0.3) is 0 Å². The van der Waals surface area contributed by atoms with Crippen molar-refractivity contribution in [1.29, 1.82) is 0 Å². The van der Waals surface area contributed by atoms with E-state index in [4.69, 9.17) is 0 Å². The lowest BCUT2D eigenvalue weighted by molar-refractivity contribution is -0.116. The van der Waals surface area contributed by atoms with Gasteiger partial charge in [0.2, 0.25) is 0 Å². The summed E-state index contributed by atoms with van der Waals surface area (Å²) in [5.74, 6) is 1.25. The fourth-order valence-corrected chi connectivity index (χ4v) is 2.58. The molecule has 1 N–H and O–H groups in total. The Morgan fingerprint density at radius 2 is 2.12 bits per heavy atom. The number of pyridine rings is 1. The van der Waals surface area contributed by atoms with Crippen molar-refractivity contribution in [3.05, 3.63) is 34.2 Å². The second-order valence-electron chi connectivity index (χ2n) is 4.93. The van der Waals surface area contributed by atoms with Gasteiger partial charge in [0, 0.05) is 29.8 Å². The summed E-state index contributed by atoms with van der Waals surface area (Å²) in [5.41, 5.74) is 5.49. The van der Waals surface area contributed by atoms with Crippen molar-refractivity contribution in [2.75, 3.05) is 5.32 Å². The molecule has 0 spiro atoms. The van der Waals surface area contributed by atoms with E-state index in [1.165, 1.54) is 5.56 Å². The van der Waals surface area contributed by atoms with Crippen LogP contribution in [0.5, 0.6) is 0 Å². The standard InChI is InChI=1S/C14H16N2O/c1-8-6-10-7-11-12(4-3-5-13(11)17)16-14(10)15-9(8)2/h6H,3-5,7H2,1-2H3,(H,15,16). The molecule has 17 heavy (non-hydrogen) atoms. The number of carbonyl (C=O) groups is 1. The second-order valence-corrected chi connectivity index (χ2v) is 4.93. The summed E-state index contributed by atoms with van der Waals surface area (Å²) in [6, 6.07) is 2.15. The number of aromatic nitrogens is 1. The SMILES string of the molecule is Cc1cc2c(nc1C)NC1=C(C2)C(=O)CCC1. The van der Waals surface area contributed by atoms with Crippen molar-refractivity contribution in [2.24, 2.45) is 0 Å². The molecular weight excluding hydrogens is 212 g/mol. The highest BCUT2D eigenvalue weighted by Gasteiger charge is 2.26. The fourth-order valence-electron chi connectivity index (χ4n) is 2.58. The number of rotatable bonds is 0. The van der Waals surface area contributed by atoms with Crippen LogP contribution < -0.4 is 5.32 Å². The van der Waals surface area contributed by atoms with E-state index in [0.717, 1.165) is 47.6 Å². The lowest BCUT2D eigenvalue weighted by atomic mass is 9.87. The maximum atomic E-state index is 11.9. The van der Waals surface area contributed by atoms with Crippen LogP contribution in [0.1, 0.15) is 36.1 Å². The minimum absolute atomic E-state index is 0.308. The van der Waals surface area contributed by atoms with Crippen LogP contribution in [0.3, 0.4) is 0 Å². The summed E-state index contributed by atoms with van der Waals surface area (Å²) < 4.78 is 0. The Morgan fingerprint density at radius 1 is 1.29 bits per heavy atom. The lowest BCUT2D eigenvalue weighted by Gasteiger charge is -2.27. The number of fused-ring (bicyclic) bond motifs is 1. The summed E-state index contributed by atoms with van der Waals surface area (Å²) in [4.78, 5) is 16.4. The number of anilines is 1. The fraction of sp³-hybridized carbons (Fsp3) is 0.429. The zero-order valence-electron chi connectivity index (χ0n) is 10.3. The smallest absolute Gasteiger partial charge is 0.160 e. The third-order valence-electron chi connectivity index (χ3n) is 3.71. The number of nitrogens with one attached hydrogen (secondary N) is 1. The molecule has 1 aliphatic heterocycles. The molecule has 1 aromatic heterocycles. The van der Waals surface area contributed by atoms with Gasteiger partial charge in [-0.15, -0.1) is 0 Å². The van der Waals surface area contributed by atoms with Crippen LogP contribution >= 0.6 is 0 Å². The zero-order chi connectivity index (χ0) is 12.0. The Kier molecular flexibility index (Phi) is 2.28. The topological polar surface area (TPSA) is 42.0 Å². The third kappa shape index (κ3) is 1.66. The Bertz CT molecular complexity index is 543. The normalized spacial score (nSPS) is 18.6. The van der Waals surface area contributed by atoms with Gasteiger partial charge in [-0.1, -0.05) is 6.07 Å². The van der Waals surface area contributed by atoms with Crippen LogP contribution in [0.25, 0.3) is 0 Å². The van der Waals surface area contributed by atoms with Crippen LogP contribution in [0.4, 0.5) is 5.82 Å². The van der Waals surface area contributed by atoms with Crippen LogP contribution in [-0.4, -0.2) is 10.8 Å². The molecule has 0 amide bonds. The number of carbonyl (C=O) groups excluding carboxylic acids is 1. The van der Waals surface area contributed by atoms with E-state index in [-0.39, 0.29) is 0 Å². The minimum Gasteiger partial charge on any atom is -0.343 e. The summed E-state index contributed by atoms with van der Waals surface area (Å²) in [6.45, 7) is 4.09. The molecule has 2 aliphatic rings. The van der Waals surface area contributed by atoms with E-state index in [1.807, 2.05) is 6.92 Å². The van der Waals surface area contributed by atoms with Gasteiger partial charge in [-0.25, -0.2) is 4.98 Å². The number of allylic oxidation sites excluding steroid dienone is 2. The molecule has 3 rings (SSSR count). The van der Waals surface area contributed by atoms with Crippen molar-refractivity contribution >= 4 is 11.6 Å². The number of aryl methyl sites for hydroxylation is 2. The number of Topliss-reactive ketones (excluding diaryl/α,β-unsaturated/α-hetero) is 1. The van der Waals surface area contributed by atoms with Gasteiger partial charge in [0.05, 0.1) is 0 Å².